The first-order valence-electron chi connectivity index (χ1n) is 11.2. The molecule has 3 aromatic rings. The first-order chi connectivity index (χ1) is 17.0. The highest BCUT2D eigenvalue weighted by atomic mass is 32.2. The van der Waals surface area contributed by atoms with Crippen LogP contribution in [0.5, 0.6) is 11.5 Å². The SMILES string of the molecule is COc1ccc(NC(=O)CSc2nc(CC(=O)N3CCN(c4cccc(OC)c4)CC3)cs2)cc1. The molecular formula is C25H28N4O4S2. The fourth-order valence-electron chi connectivity index (χ4n) is 3.72. The summed E-state index contributed by atoms with van der Waals surface area (Å²) < 4.78 is 11.2. The zero-order chi connectivity index (χ0) is 24.6. The van der Waals surface area contributed by atoms with Crippen molar-refractivity contribution in [2.45, 2.75) is 10.8 Å². The second-order valence-corrected chi connectivity index (χ2v) is 10.00. The number of nitrogens with one attached hydrogen (secondary N) is 1. The number of rotatable bonds is 9. The van der Waals surface area contributed by atoms with E-state index in [-0.39, 0.29) is 24.0 Å². The summed E-state index contributed by atoms with van der Waals surface area (Å²) in [5.41, 5.74) is 2.57. The normalized spacial score (nSPS) is 13.4. The summed E-state index contributed by atoms with van der Waals surface area (Å²) in [5.74, 6) is 1.78. The van der Waals surface area contributed by atoms with Gasteiger partial charge < -0.3 is 24.6 Å². The monoisotopic (exact) mass is 512 g/mol. The van der Waals surface area contributed by atoms with Crippen molar-refractivity contribution in [2.75, 3.05) is 56.4 Å². The summed E-state index contributed by atoms with van der Waals surface area (Å²) in [6, 6.07) is 15.2. The molecule has 1 N–H and O–H groups in total. The molecule has 35 heavy (non-hydrogen) atoms. The largest absolute Gasteiger partial charge is 0.497 e. The molecule has 2 amide bonds. The number of hydrogen-bond donors (Lipinski definition) is 1. The predicted octanol–water partition coefficient (Wildman–Crippen LogP) is 3.78. The van der Waals surface area contributed by atoms with Gasteiger partial charge in [-0.2, -0.15) is 0 Å². The van der Waals surface area contributed by atoms with E-state index in [1.54, 1.807) is 38.5 Å². The number of aromatic nitrogens is 1. The van der Waals surface area contributed by atoms with Crippen molar-refractivity contribution in [3.05, 3.63) is 59.6 Å². The Bertz CT molecular complexity index is 1140. The van der Waals surface area contributed by atoms with E-state index < -0.39 is 0 Å². The highest BCUT2D eigenvalue weighted by Gasteiger charge is 2.22. The number of carbonyl (C=O) groups is 2. The third kappa shape index (κ3) is 6.89. The van der Waals surface area contributed by atoms with Crippen LogP contribution in [0.25, 0.3) is 0 Å². The van der Waals surface area contributed by atoms with Gasteiger partial charge in [0.25, 0.3) is 0 Å². The smallest absolute Gasteiger partial charge is 0.234 e. The molecule has 0 unspecified atom stereocenters. The number of hydrogen-bond acceptors (Lipinski definition) is 8. The van der Waals surface area contributed by atoms with Gasteiger partial charge in [0, 0.05) is 49.0 Å². The maximum absolute atomic E-state index is 12.8. The molecule has 1 aliphatic heterocycles. The van der Waals surface area contributed by atoms with Crippen molar-refractivity contribution in [1.29, 1.82) is 0 Å². The minimum absolute atomic E-state index is 0.0781. The molecule has 0 aliphatic carbocycles. The molecule has 0 atom stereocenters. The van der Waals surface area contributed by atoms with Crippen LogP contribution < -0.4 is 19.7 Å². The van der Waals surface area contributed by atoms with Crippen LogP contribution >= 0.6 is 23.1 Å². The topological polar surface area (TPSA) is 84.0 Å². The lowest BCUT2D eigenvalue weighted by Crippen LogP contribution is -2.49. The quantitative estimate of drug-likeness (QED) is 0.437. The standard InChI is InChI=1S/C25H28N4O4S2/c1-32-21-8-6-18(7-9-21)26-23(30)17-35-25-27-19(16-34-25)14-24(31)29-12-10-28(11-13-29)20-4-3-5-22(15-20)33-2/h3-9,15-16H,10-14,17H2,1-2H3,(H,26,30). The van der Waals surface area contributed by atoms with Crippen molar-refractivity contribution in [2.24, 2.45) is 0 Å². The van der Waals surface area contributed by atoms with E-state index in [9.17, 15) is 9.59 Å². The van der Waals surface area contributed by atoms with Crippen LogP contribution in [0.2, 0.25) is 0 Å². The molecule has 0 radical (unpaired) electrons. The van der Waals surface area contributed by atoms with Gasteiger partial charge in [-0.25, -0.2) is 4.98 Å². The second kappa shape index (κ2) is 11.9. The Morgan fingerprint density at radius 1 is 1.03 bits per heavy atom. The molecule has 2 aromatic carbocycles. The van der Waals surface area contributed by atoms with Gasteiger partial charge in [-0.1, -0.05) is 17.8 Å². The van der Waals surface area contributed by atoms with Crippen molar-refractivity contribution in [3.63, 3.8) is 0 Å². The molecule has 0 saturated carbocycles. The van der Waals surface area contributed by atoms with Crippen molar-refractivity contribution < 1.29 is 19.1 Å². The number of anilines is 2. The van der Waals surface area contributed by atoms with E-state index in [0.29, 0.717) is 18.8 Å². The van der Waals surface area contributed by atoms with Gasteiger partial charge in [-0.3, -0.25) is 9.59 Å². The van der Waals surface area contributed by atoms with Crippen LogP contribution in [0, 0.1) is 0 Å². The van der Waals surface area contributed by atoms with Crippen LogP contribution in [0.15, 0.2) is 58.3 Å². The summed E-state index contributed by atoms with van der Waals surface area (Å²) in [6.45, 7) is 2.90. The summed E-state index contributed by atoms with van der Waals surface area (Å²) in [6.07, 6.45) is 0.272. The number of carbonyl (C=O) groups excluding carboxylic acids is 2. The van der Waals surface area contributed by atoms with Gasteiger partial charge >= 0.3 is 0 Å². The van der Waals surface area contributed by atoms with Gasteiger partial charge in [0.2, 0.25) is 11.8 Å². The highest BCUT2D eigenvalue weighted by molar-refractivity contribution is 8.01. The number of thiazole rings is 1. The van der Waals surface area contributed by atoms with E-state index in [4.69, 9.17) is 9.47 Å². The molecule has 1 fully saturated rings. The van der Waals surface area contributed by atoms with E-state index >= 15 is 0 Å². The third-order valence-electron chi connectivity index (χ3n) is 5.61. The first-order valence-corrected chi connectivity index (χ1v) is 13.1. The lowest BCUT2D eigenvalue weighted by Gasteiger charge is -2.36. The molecule has 8 nitrogen and oxygen atoms in total. The molecule has 2 heterocycles. The minimum atomic E-state index is -0.109. The Hall–Kier alpha value is -3.24. The molecule has 1 aliphatic rings. The highest BCUT2D eigenvalue weighted by Crippen LogP contribution is 2.25. The Balaban J connectivity index is 1.21. The average Bonchev–Trinajstić information content (AvgIpc) is 3.35. The van der Waals surface area contributed by atoms with Crippen LogP contribution in [0.1, 0.15) is 5.69 Å². The number of piperazine rings is 1. The summed E-state index contributed by atoms with van der Waals surface area (Å²) in [5, 5.41) is 4.75. The number of amides is 2. The summed E-state index contributed by atoms with van der Waals surface area (Å²) in [7, 11) is 3.26. The Kier molecular flexibility index (Phi) is 8.49. The van der Waals surface area contributed by atoms with Gasteiger partial charge in [0.1, 0.15) is 11.5 Å². The second-order valence-electron chi connectivity index (χ2n) is 7.92. The third-order valence-corrected chi connectivity index (χ3v) is 7.68. The summed E-state index contributed by atoms with van der Waals surface area (Å²) >= 11 is 2.83. The lowest BCUT2D eigenvalue weighted by atomic mass is 10.2. The molecular weight excluding hydrogens is 484 g/mol. The molecule has 1 saturated heterocycles. The Labute approximate surface area is 213 Å². The van der Waals surface area contributed by atoms with Crippen molar-refractivity contribution in [3.8, 4) is 11.5 Å². The maximum Gasteiger partial charge on any atom is 0.234 e. The first kappa shape index (κ1) is 24.9. The average molecular weight is 513 g/mol. The van der Waals surface area contributed by atoms with E-state index in [2.05, 4.69) is 21.3 Å². The maximum atomic E-state index is 12.8. The van der Waals surface area contributed by atoms with Crippen molar-refractivity contribution in [1.82, 2.24) is 9.88 Å². The van der Waals surface area contributed by atoms with Gasteiger partial charge in [-0.05, 0) is 36.4 Å². The fraction of sp³-hybridized carbons (Fsp3) is 0.320. The Morgan fingerprint density at radius 2 is 1.77 bits per heavy atom. The van der Waals surface area contributed by atoms with E-state index in [1.807, 2.05) is 28.5 Å². The van der Waals surface area contributed by atoms with E-state index in [0.717, 1.165) is 40.3 Å². The minimum Gasteiger partial charge on any atom is -0.497 e. The number of nitrogens with zero attached hydrogens (tertiary/aromatic N) is 3. The fourth-order valence-corrected chi connectivity index (χ4v) is 5.37. The lowest BCUT2D eigenvalue weighted by molar-refractivity contribution is -0.130. The molecule has 10 heteroatoms. The molecule has 0 spiro atoms. The molecule has 4 rings (SSSR count). The molecule has 0 bridgehead atoms. The number of benzene rings is 2. The zero-order valence-electron chi connectivity index (χ0n) is 19.7. The van der Waals surface area contributed by atoms with Gasteiger partial charge in [-0.15, -0.1) is 11.3 Å². The summed E-state index contributed by atoms with van der Waals surface area (Å²) in [4.78, 5) is 33.7. The van der Waals surface area contributed by atoms with Crippen LogP contribution in [-0.2, 0) is 16.0 Å². The zero-order valence-corrected chi connectivity index (χ0v) is 21.4. The van der Waals surface area contributed by atoms with Crippen molar-refractivity contribution >= 4 is 46.3 Å². The van der Waals surface area contributed by atoms with Crippen LogP contribution in [-0.4, -0.2) is 67.8 Å². The van der Waals surface area contributed by atoms with Gasteiger partial charge in [0.15, 0.2) is 4.34 Å². The van der Waals surface area contributed by atoms with Crippen LogP contribution in [0.3, 0.4) is 0 Å². The molecule has 1 aromatic heterocycles. The van der Waals surface area contributed by atoms with E-state index in [1.165, 1.54) is 23.1 Å². The number of thioether (sulfide) groups is 1. The number of methoxy groups -OCH3 is 2. The van der Waals surface area contributed by atoms with Gasteiger partial charge in [0.05, 0.1) is 32.1 Å². The van der Waals surface area contributed by atoms with Crippen LogP contribution in [0.4, 0.5) is 11.4 Å². The predicted molar refractivity (Wildman–Crippen MR) is 140 cm³/mol. The molecule has 184 valence electrons. The Morgan fingerprint density at radius 3 is 2.49 bits per heavy atom. The number of ether oxygens (including phenoxy) is 2.